The van der Waals surface area contributed by atoms with Gasteiger partial charge in [0.1, 0.15) is 0 Å². The van der Waals surface area contributed by atoms with Crippen LogP contribution in [0.3, 0.4) is 0 Å². The lowest BCUT2D eigenvalue weighted by Crippen LogP contribution is -2.31. The maximum Gasteiger partial charge on any atom is 0.221 e. The van der Waals surface area contributed by atoms with Gasteiger partial charge in [0.2, 0.25) is 5.91 Å². The second-order valence-corrected chi connectivity index (χ2v) is 2.80. The van der Waals surface area contributed by atoms with Crippen LogP contribution in [0.5, 0.6) is 0 Å². The quantitative estimate of drug-likeness (QED) is 0.535. The molecule has 10 heavy (non-hydrogen) atoms. The molecule has 1 aliphatic heterocycles. The minimum atomic E-state index is -0.158. The van der Waals surface area contributed by atoms with Gasteiger partial charge in [-0.3, -0.25) is 4.79 Å². The van der Waals surface area contributed by atoms with Crippen LogP contribution in [-0.2, 0) is 4.79 Å². The van der Waals surface area contributed by atoms with Gasteiger partial charge in [-0.1, -0.05) is 6.42 Å². The molecule has 1 amide bonds. The molecule has 0 unspecified atom stereocenters. The van der Waals surface area contributed by atoms with Crippen LogP contribution in [0.2, 0.25) is 0 Å². The Morgan fingerprint density at radius 1 is 1.50 bits per heavy atom. The molecule has 3 heteroatoms. The van der Waals surface area contributed by atoms with E-state index in [1.54, 1.807) is 0 Å². The lowest BCUT2D eigenvalue weighted by atomic mass is 10.0. The maximum atomic E-state index is 10.7. The van der Waals surface area contributed by atoms with E-state index in [-0.39, 0.29) is 11.8 Å². The summed E-state index contributed by atoms with van der Waals surface area (Å²) in [6.07, 6.45) is 3.26. The van der Waals surface area contributed by atoms with Crippen LogP contribution in [0.1, 0.15) is 19.3 Å². The second-order valence-electron chi connectivity index (χ2n) is 2.80. The molecule has 3 N–H and O–H groups in total. The summed E-state index contributed by atoms with van der Waals surface area (Å²) < 4.78 is 0. The third kappa shape index (κ3) is 1.99. The van der Waals surface area contributed by atoms with Gasteiger partial charge in [-0.2, -0.15) is 0 Å². The van der Waals surface area contributed by atoms with Crippen molar-refractivity contribution in [2.45, 2.75) is 19.3 Å². The van der Waals surface area contributed by atoms with Crippen LogP contribution < -0.4 is 11.1 Å². The molecule has 3 nitrogen and oxygen atoms in total. The molecule has 0 aliphatic carbocycles. The molecule has 0 radical (unpaired) electrons. The minimum absolute atomic E-state index is 0.0718. The van der Waals surface area contributed by atoms with Crippen LogP contribution in [0, 0.1) is 5.92 Å². The Morgan fingerprint density at radius 2 is 2.30 bits per heavy atom. The van der Waals surface area contributed by atoms with Crippen molar-refractivity contribution in [3.8, 4) is 0 Å². The molecule has 0 bridgehead atoms. The number of rotatable bonds is 1. The molecule has 0 aromatic rings. The highest BCUT2D eigenvalue weighted by molar-refractivity contribution is 5.76. The molecule has 1 heterocycles. The zero-order chi connectivity index (χ0) is 7.40. The first-order chi connectivity index (χ1) is 4.80. The Kier molecular flexibility index (Phi) is 2.68. The summed E-state index contributed by atoms with van der Waals surface area (Å²) in [5, 5.41) is 3.18. The van der Waals surface area contributed by atoms with Gasteiger partial charge in [0, 0.05) is 6.54 Å². The summed E-state index contributed by atoms with van der Waals surface area (Å²) in [6, 6.07) is 0. The Bertz CT molecular complexity index is 117. The summed E-state index contributed by atoms with van der Waals surface area (Å²) in [5.74, 6) is -0.0862. The Balaban J connectivity index is 2.35. The molecule has 1 saturated heterocycles. The molecule has 1 rings (SSSR count). The van der Waals surface area contributed by atoms with Gasteiger partial charge in [0.25, 0.3) is 0 Å². The summed E-state index contributed by atoms with van der Waals surface area (Å²) in [4.78, 5) is 10.7. The van der Waals surface area contributed by atoms with E-state index < -0.39 is 0 Å². The Labute approximate surface area is 61.0 Å². The molecule has 0 saturated carbocycles. The summed E-state index contributed by atoms with van der Waals surface area (Å²) in [6.45, 7) is 1.80. The van der Waals surface area contributed by atoms with E-state index in [0.29, 0.717) is 0 Å². The van der Waals surface area contributed by atoms with Crippen molar-refractivity contribution >= 4 is 5.91 Å². The highest BCUT2D eigenvalue weighted by Crippen LogP contribution is 2.09. The summed E-state index contributed by atoms with van der Waals surface area (Å²) in [7, 11) is 0. The van der Waals surface area contributed by atoms with Gasteiger partial charge in [0.05, 0.1) is 5.92 Å². The predicted molar refractivity (Wildman–Crippen MR) is 39.4 cm³/mol. The third-order valence-electron chi connectivity index (χ3n) is 1.95. The molecule has 0 spiro atoms. The SMILES string of the molecule is NC(=O)[C@H]1CCCCNC1. The first-order valence-corrected chi connectivity index (χ1v) is 3.81. The molecule has 1 atom stereocenters. The van der Waals surface area contributed by atoms with E-state index >= 15 is 0 Å². The van der Waals surface area contributed by atoms with E-state index in [9.17, 15) is 4.79 Å². The Morgan fingerprint density at radius 3 is 3.00 bits per heavy atom. The minimum Gasteiger partial charge on any atom is -0.369 e. The average Bonchev–Trinajstić information content (AvgIpc) is 2.12. The van der Waals surface area contributed by atoms with Crippen LogP contribution in [-0.4, -0.2) is 19.0 Å². The highest BCUT2D eigenvalue weighted by atomic mass is 16.1. The third-order valence-corrected chi connectivity index (χ3v) is 1.95. The van der Waals surface area contributed by atoms with E-state index in [1.165, 1.54) is 6.42 Å². The van der Waals surface area contributed by atoms with Crippen LogP contribution >= 0.6 is 0 Å². The fourth-order valence-electron chi connectivity index (χ4n) is 1.26. The first-order valence-electron chi connectivity index (χ1n) is 3.81. The van der Waals surface area contributed by atoms with Crippen molar-refractivity contribution in [3.05, 3.63) is 0 Å². The van der Waals surface area contributed by atoms with E-state index in [4.69, 9.17) is 5.73 Å². The van der Waals surface area contributed by atoms with E-state index in [0.717, 1.165) is 25.9 Å². The molecule has 0 aromatic carbocycles. The van der Waals surface area contributed by atoms with Gasteiger partial charge in [-0.05, 0) is 19.4 Å². The number of nitrogens with two attached hydrogens (primary N) is 1. The average molecular weight is 142 g/mol. The number of hydrogen-bond acceptors (Lipinski definition) is 2. The molecule has 1 aliphatic rings. The number of carbonyl (C=O) groups excluding carboxylic acids is 1. The molecule has 1 fully saturated rings. The van der Waals surface area contributed by atoms with Gasteiger partial charge < -0.3 is 11.1 Å². The van der Waals surface area contributed by atoms with Crippen LogP contribution in [0.4, 0.5) is 0 Å². The largest absolute Gasteiger partial charge is 0.369 e. The normalized spacial score (nSPS) is 27.4. The number of nitrogens with one attached hydrogen (secondary N) is 1. The standard InChI is InChI=1S/C7H14N2O/c8-7(10)6-3-1-2-4-9-5-6/h6,9H,1-5H2,(H2,8,10)/t6-/m0/s1. The second kappa shape index (κ2) is 3.56. The fraction of sp³-hybridized carbons (Fsp3) is 0.857. The Hall–Kier alpha value is -0.570. The van der Waals surface area contributed by atoms with E-state index in [2.05, 4.69) is 5.32 Å². The van der Waals surface area contributed by atoms with Crippen LogP contribution in [0.25, 0.3) is 0 Å². The van der Waals surface area contributed by atoms with Crippen molar-refractivity contribution in [3.63, 3.8) is 0 Å². The highest BCUT2D eigenvalue weighted by Gasteiger charge is 2.16. The summed E-state index contributed by atoms with van der Waals surface area (Å²) >= 11 is 0. The number of carbonyl (C=O) groups is 1. The van der Waals surface area contributed by atoms with Gasteiger partial charge in [-0.15, -0.1) is 0 Å². The predicted octanol–water partition coefficient (Wildman–Crippen LogP) is -0.139. The molecular formula is C7H14N2O. The number of amides is 1. The van der Waals surface area contributed by atoms with E-state index in [1.807, 2.05) is 0 Å². The van der Waals surface area contributed by atoms with Crippen molar-refractivity contribution < 1.29 is 4.79 Å². The fourth-order valence-corrected chi connectivity index (χ4v) is 1.26. The van der Waals surface area contributed by atoms with Gasteiger partial charge >= 0.3 is 0 Å². The summed E-state index contributed by atoms with van der Waals surface area (Å²) in [5.41, 5.74) is 5.16. The number of primary amides is 1. The van der Waals surface area contributed by atoms with Crippen LogP contribution in [0.15, 0.2) is 0 Å². The zero-order valence-electron chi connectivity index (χ0n) is 6.10. The lowest BCUT2D eigenvalue weighted by molar-refractivity contribution is -0.121. The van der Waals surface area contributed by atoms with Crippen molar-refractivity contribution in [1.29, 1.82) is 0 Å². The zero-order valence-corrected chi connectivity index (χ0v) is 6.10. The van der Waals surface area contributed by atoms with Gasteiger partial charge in [0.15, 0.2) is 0 Å². The topological polar surface area (TPSA) is 55.1 Å². The monoisotopic (exact) mass is 142 g/mol. The van der Waals surface area contributed by atoms with Crippen molar-refractivity contribution in [1.82, 2.24) is 5.32 Å². The smallest absolute Gasteiger partial charge is 0.221 e. The first kappa shape index (κ1) is 7.54. The van der Waals surface area contributed by atoms with Gasteiger partial charge in [-0.25, -0.2) is 0 Å². The molecular weight excluding hydrogens is 128 g/mol. The molecule has 0 aromatic heterocycles. The van der Waals surface area contributed by atoms with Crippen molar-refractivity contribution in [2.75, 3.05) is 13.1 Å². The maximum absolute atomic E-state index is 10.7. The van der Waals surface area contributed by atoms with Crippen molar-refractivity contribution in [2.24, 2.45) is 11.7 Å². The lowest BCUT2D eigenvalue weighted by Gasteiger charge is -2.07. The molecule has 58 valence electrons. The number of hydrogen-bond donors (Lipinski definition) is 2.